The van der Waals surface area contributed by atoms with Crippen LogP contribution in [0.1, 0.15) is 21.7 Å². The largest absolute Gasteiger partial charge is 0.395 e. The molecule has 0 spiro atoms. The highest BCUT2D eigenvalue weighted by molar-refractivity contribution is 7.17. The maximum atomic E-state index is 10.9. The van der Waals surface area contributed by atoms with Gasteiger partial charge in [-0.2, -0.15) is 0 Å². The lowest BCUT2D eigenvalue weighted by Crippen LogP contribution is -2.47. The van der Waals surface area contributed by atoms with E-state index in [9.17, 15) is 4.79 Å². The second-order valence-corrected chi connectivity index (χ2v) is 9.03. The van der Waals surface area contributed by atoms with Crippen LogP contribution in [-0.4, -0.2) is 77.0 Å². The molecule has 168 valence electrons. The van der Waals surface area contributed by atoms with E-state index in [-0.39, 0.29) is 6.61 Å². The molecule has 2 aromatic heterocycles. The Balaban J connectivity index is 1.25. The number of benzene rings is 1. The number of aldehydes is 1. The molecule has 2 N–H and O–H groups in total. The van der Waals surface area contributed by atoms with Crippen molar-refractivity contribution in [1.29, 1.82) is 0 Å². The van der Waals surface area contributed by atoms with Crippen molar-refractivity contribution in [2.24, 2.45) is 0 Å². The number of aliphatic hydroxyl groups excluding tert-OH is 1. The van der Waals surface area contributed by atoms with Crippen LogP contribution in [0.15, 0.2) is 48.7 Å². The van der Waals surface area contributed by atoms with Gasteiger partial charge < -0.3 is 15.3 Å². The van der Waals surface area contributed by atoms with Gasteiger partial charge in [0, 0.05) is 44.6 Å². The molecule has 0 bridgehead atoms. The number of carbonyl (C=O) groups excluding carboxylic acids is 1. The number of thiophene rings is 1. The minimum atomic E-state index is 0.249. The Morgan fingerprint density at radius 1 is 1.00 bits per heavy atom. The smallest absolute Gasteiger partial charge is 0.227 e. The number of rotatable bonds is 10. The highest BCUT2D eigenvalue weighted by Crippen LogP contribution is 2.26. The summed E-state index contributed by atoms with van der Waals surface area (Å²) < 4.78 is 0. The lowest BCUT2D eigenvalue weighted by Gasteiger charge is -2.34. The van der Waals surface area contributed by atoms with Crippen LogP contribution in [0, 0.1) is 0 Å². The summed E-state index contributed by atoms with van der Waals surface area (Å²) in [4.78, 5) is 26.3. The van der Waals surface area contributed by atoms with E-state index in [1.807, 2.05) is 12.1 Å². The first kappa shape index (κ1) is 22.5. The fraction of sp³-hybridized carbons (Fsp3) is 0.375. The van der Waals surface area contributed by atoms with Gasteiger partial charge in [-0.15, -0.1) is 11.3 Å². The van der Waals surface area contributed by atoms with E-state index in [1.165, 1.54) is 16.9 Å². The topological polar surface area (TPSA) is 81.6 Å². The van der Waals surface area contributed by atoms with E-state index < -0.39 is 0 Å². The fourth-order valence-electron chi connectivity index (χ4n) is 3.88. The summed E-state index contributed by atoms with van der Waals surface area (Å²) in [7, 11) is 0. The summed E-state index contributed by atoms with van der Waals surface area (Å²) in [5.41, 5.74) is 3.07. The van der Waals surface area contributed by atoms with Gasteiger partial charge in [-0.1, -0.05) is 12.1 Å². The molecule has 1 aliphatic heterocycles. The quantitative estimate of drug-likeness (QED) is 0.458. The third-order valence-electron chi connectivity index (χ3n) is 5.68. The third kappa shape index (κ3) is 6.20. The number of anilines is 2. The molecule has 4 rings (SSSR count). The average molecular weight is 452 g/mol. The zero-order valence-corrected chi connectivity index (χ0v) is 18.9. The van der Waals surface area contributed by atoms with E-state index in [1.54, 1.807) is 12.3 Å². The Morgan fingerprint density at radius 2 is 1.75 bits per heavy atom. The molecule has 1 fully saturated rings. The Hall–Kier alpha value is -2.65. The average Bonchev–Trinajstić information content (AvgIpc) is 3.31. The van der Waals surface area contributed by atoms with Gasteiger partial charge in [0.1, 0.15) is 0 Å². The van der Waals surface area contributed by atoms with Crippen LogP contribution in [0.5, 0.6) is 0 Å². The molecule has 0 amide bonds. The molecule has 3 heterocycles. The molecular formula is C24H29N5O2S. The van der Waals surface area contributed by atoms with Crippen molar-refractivity contribution in [3.05, 3.63) is 59.1 Å². The van der Waals surface area contributed by atoms with E-state index >= 15 is 0 Å². The van der Waals surface area contributed by atoms with Gasteiger partial charge >= 0.3 is 0 Å². The minimum Gasteiger partial charge on any atom is -0.395 e. The van der Waals surface area contributed by atoms with Crippen LogP contribution in [0.4, 0.5) is 11.6 Å². The summed E-state index contributed by atoms with van der Waals surface area (Å²) >= 11 is 1.42. The number of piperazine rings is 1. The van der Waals surface area contributed by atoms with Crippen molar-refractivity contribution in [2.75, 3.05) is 51.2 Å². The first-order chi connectivity index (χ1) is 15.7. The van der Waals surface area contributed by atoms with Gasteiger partial charge in [0.15, 0.2) is 6.29 Å². The number of aromatic nitrogens is 2. The number of aliphatic hydroxyl groups is 1. The standard InChI is InChI=1S/C24H29N5O2S/c30-17-16-29-14-12-28(13-15-29)11-1-2-19-3-5-20(6-4-19)26-24-25-10-9-22(27-24)23-8-7-21(18-31)32-23/h3-10,18,30H,1-2,11-17H2,(H,25,26,27). The molecule has 3 aromatic rings. The van der Waals surface area contributed by atoms with Gasteiger partial charge in [0.2, 0.25) is 5.95 Å². The Bertz CT molecular complexity index is 1000. The lowest BCUT2D eigenvalue weighted by molar-refractivity contribution is 0.112. The Morgan fingerprint density at radius 3 is 2.44 bits per heavy atom. The van der Waals surface area contributed by atoms with E-state index in [2.05, 4.69) is 49.4 Å². The fourth-order valence-corrected chi connectivity index (χ4v) is 4.67. The number of nitrogens with zero attached hydrogens (tertiary/aromatic N) is 4. The molecule has 0 radical (unpaired) electrons. The zero-order valence-electron chi connectivity index (χ0n) is 18.1. The zero-order chi connectivity index (χ0) is 22.2. The van der Waals surface area contributed by atoms with Crippen LogP contribution in [0.3, 0.4) is 0 Å². The summed E-state index contributed by atoms with van der Waals surface area (Å²) in [6.07, 6.45) is 4.78. The lowest BCUT2D eigenvalue weighted by atomic mass is 10.1. The van der Waals surface area contributed by atoms with Crippen LogP contribution in [0.25, 0.3) is 10.6 Å². The summed E-state index contributed by atoms with van der Waals surface area (Å²) in [5, 5.41) is 12.3. The predicted octanol–water partition coefficient (Wildman–Crippen LogP) is 3.30. The van der Waals surface area contributed by atoms with Crippen molar-refractivity contribution in [1.82, 2.24) is 19.8 Å². The minimum absolute atomic E-state index is 0.249. The van der Waals surface area contributed by atoms with Gasteiger partial charge in [-0.3, -0.25) is 9.69 Å². The van der Waals surface area contributed by atoms with Crippen LogP contribution in [-0.2, 0) is 6.42 Å². The molecule has 1 aliphatic rings. The van der Waals surface area contributed by atoms with E-state index in [4.69, 9.17) is 5.11 Å². The van der Waals surface area contributed by atoms with E-state index in [0.717, 1.165) is 74.7 Å². The summed E-state index contributed by atoms with van der Waals surface area (Å²) in [6.45, 7) is 6.43. The van der Waals surface area contributed by atoms with Crippen molar-refractivity contribution < 1.29 is 9.90 Å². The van der Waals surface area contributed by atoms with Crippen molar-refractivity contribution >= 4 is 29.3 Å². The molecule has 1 aromatic carbocycles. The number of nitrogens with one attached hydrogen (secondary N) is 1. The molecule has 0 atom stereocenters. The van der Waals surface area contributed by atoms with Gasteiger partial charge in [0.05, 0.1) is 22.1 Å². The first-order valence-electron chi connectivity index (χ1n) is 11.0. The normalized spacial score (nSPS) is 15.0. The Kier molecular flexibility index (Phi) is 7.95. The number of aryl methyl sites for hydroxylation is 1. The molecule has 0 aliphatic carbocycles. The number of hydrogen-bond donors (Lipinski definition) is 2. The van der Waals surface area contributed by atoms with Gasteiger partial charge in [0.25, 0.3) is 0 Å². The maximum absolute atomic E-state index is 10.9. The second-order valence-electron chi connectivity index (χ2n) is 7.92. The maximum Gasteiger partial charge on any atom is 0.227 e. The Labute approximate surface area is 192 Å². The molecule has 0 unspecified atom stereocenters. The van der Waals surface area contributed by atoms with E-state index in [0.29, 0.717) is 10.8 Å². The first-order valence-corrected chi connectivity index (χ1v) is 11.8. The van der Waals surface area contributed by atoms with Crippen LogP contribution >= 0.6 is 11.3 Å². The number of carbonyl (C=O) groups is 1. The predicted molar refractivity (Wildman–Crippen MR) is 129 cm³/mol. The molecular weight excluding hydrogens is 422 g/mol. The number of hydrogen-bond acceptors (Lipinski definition) is 8. The molecule has 8 heteroatoms. The van der Waals surface area contributed by atoms with Gasteiger partial charge in [-0.05, 0) is 55.3 Å². The highest BCUT2D eigenvalue weighted by atomic mass is 32.1. The summed E-state index contributed by atoms with van der Waals surface area (Å²) in [6, 6.07) is 14.0. The SMILES string of the molecule is O=Cc1ccc(-c2ccnc(Nc3ccc(CCCN4CCN(CCO)CC4)cc3)n2)s1. The number of β-amino-alcohol motifs (C(OH)–C–C–N with tert-alkyl or cyclic N) is 1. The molecule has 32 heavy (non-hydrogen) atoms. The third-order valence-corrected chi connectivity index (χ3v) is 6.72. The molecule has 1 saturated heterocycles. The monoisotopic (exact) mass is 451 g/mol. The summed E-state index contributed by atoms with van der Waals surface area (Å²) in [5.74, 6) is 0.539. The van der Waals surface area contributed by atoms with Crippen LogP contribution in [0.2, 0.25) is 0 Å². The van der Waals surface area contributed by atoms with Crippen molar-refractivity contribution in [3.8, 4) is 10.6 Å². The van der Waals surface area contributed by atoms with Gasteiger partial charge in [-0.25, -0.2) is 9.97 Å². The van der Waals surface area contributed by atoms with Crippen molar-refractivity contribution in [3.63, 3.8) is 0 Å². The van der Waals surface area contributed by atoms with Crippen LogP contribution < -0.4 is 5.32 Å². The second kappa shape index (κ2) is 11.3. The molecule has 0 saturated carbocycles. The molecule has 7 nitrogen and oxygen atoms in total. The highest BCUT2D eigenvalue weighted by Gasteiger charge is 2.15. The van der Waals surface area contributed by atoms with Crippen molar-refractivity contribution in [2.45, 2.75) is 12.8 Å².